The average molecular weight is 521 g/mol. The summed E-state index contributed by atoms with van der Waals surface area (Å²) in [4.78, 5) is 24.7. The molecule has 1 fully saturated rings. The Bertz CT molecular complexity index is 1010. The number of nitrogens with one attached hydrogen (secondary N) is 1. The Hall–Kier alpha value is -2.96. The summed E-state index contributed by atoms with van der Waals surface area (Å²) in [6, 6.07) is 8.03. The van der Waals surface area contributed by atoms with E-state index < -0.39 is 0 Å². The number of aliphatic imine (C=N–C) groups is 1. The lowest BCUT2D eigenvalue weighted by Crippen LogP contribution is -2.55. The van der Waals surface area contributed by atoms with Gasteiger partial charge < -0.3 is 15.1 Å². The molecule has 0 aliphatic carbocycles. The summed E-state index contributed by atoms with van der Waals surface area (Å²) < 4.78 is 3.41. The van der Waals surface area contributed by atoms with E-state index in [-0.39, 0.29) is 36.4 Å². The quantitative estimate of drug-likeness (QED) is 0.313. The van der Waals surface area contributed by atoms with Gasteiger partial charge in [-0.15, -0.1) is 24.0 Å². The minimum atomic E-state index is 0. The zero-order valence-electron chi connectivity index (χ0n) is 16.8. The van der Waals surface area contributed by atoms with Gasteiger partial charge in [0.05, 0.1) is 17.6 Å². The van der Waals surface area contributed by atoms with Gasteiger partial charge in [0.2, 0.25) is 5.91 Å². The molecule has 3 heterocycles. The van der Waals surface area contributed by atoms with Crippen molar-refractivity contribution in [3.05, 3.63) is 54.9 Å². The van der Waals surface area contributed by atoms with Gasteiger partial charge in [-0.3, -0.25) is 14.5 Å². The van der Waals surface area contributed by atoms with Crippen molar-refractivity contribution < 1.29 is 4.79 Å². The first-order chi connectivity index (χ1) is 14.1. The first-order valence-electron chi connectivity index (χ1n) is 9.32. The number of carbonyl (C=O) groups excluding carboxylic acids is 1. The molecule has 0 atom stereocenters. The van der Waals surface area contributed by atoms with Crippen molar-refractivity contribution in [2.75, 3.05) is 31.6 Å². The van der Waals surface area contributed by atoms with E-state index in [1.54, 1.807) is 33.8 Å². The Morgan fingerprint density at radius 3 is 2.77 bits per heavy atom. The maximum absolute atomic E-state index is 12.6. The van der Waals surface area contributed by atoms with Gasteiger partial charge in [-0.2, -0.15) is 10.2 Å². The standard InChI is InChI=1S/C19H23N9O.HI/c1-20-19(22-9-15-4-3-5-16(8-15)28-14-21-13-24-28)26-6-7-27(18(29)12-26)17-10-23-25(2)11-17;/h3-5,8,10-11,13-14H,6-7,9,12H2,1-2H3,(H,20,22);1H. The second-order valence-corrected chi connectivity index (χ2v) is 6.75. The highest BCUT2D eigenvalue weighted by Crippen LogP contribution is 2.16. The first kappa shape index (κ1) is 21.7. The fraction of sp³-hybridized carbons (Fsp3) is 0.316. The molecule has 0 spiro atoms. The molecule has 1 aliphatic rings. The normalized spacial score (nSPS) is 14.6. The summed E-state index contributed by atoms with van der Waals surface area (Å²) in [6.45, 7) is 2.14. The third-order valence-electron chi connectivity index (χ3n) is 4.78. The molecule has 1 aromatic carbocycles. The van der Waals surface area contributed by atoms with Crippen LogP contribution in [0.3, 0.4) is 0 Å². The molecule has 30 heavy (non-hydrogen) atoms. The maximum Gasteiger partial charge on any atom is 0.246 e. The van der Waals surface area contributed by atoms with Crippen LogP contribution in [0.4, 0.5) is 5.69 Å². The molecule has 0 unspecified atom stereocenters. The van der Waals surface area contributed by atoms with Crippen molar-refractivity contribution in [2.24, 2.45) is 12.0 Å². The van der Waals surface area contributed by atoms with Gasteiger partial charge >= 0.3 is 0 Å². The fourth-order valence-corrected chi connectivity index (χ4v) is 3.34. The molecule has 158 valence electrons. The molecule has 1 amide bonds. The minimum absolute atomic E-state index is 0. The number of guanidine groups is 1. The number of anilines is 1. The van der Waals surface area contributed by atoms with Crippen LogP contribution in [0.15, 0.2) is 54.3 Å². The molecule has 1 aliphatic heterocycles. The summed E-state index contributed by atoms with van der Waals surface area (Å²) >= 11 is 0. The van der Waals surface area contributed by atoms with Gasteiger partial charge in [0, 0.05) is 39.9 Å². The molecule has 4 rings (SSSR count). The van der Waals surface area contributed by atoms with Crippen LogP contribution in [-0.4, -0.2) is 68.0 Å². The fourth-order valence-electron chi connectivity index (χ4n) is 3.34. The molecule has 10 nitrogen and oxygen atoms in total. The number of nitrogens with zero attached hydrogens (tertiary/aromatic N) is 8. The molecule has 1 N–H and O–H groups in total. The number of piperazine rings is 1. The maximum atomic E-state index is 12.6. The third-order valence-corrected chi connectivity index (χ3v) is 4.78. The third kappa shape index (κ3) is 4.78. The molecule has 0 saturated carbocycles. The van der Waals surface area contributed by atoms with Crippen LogP contribution in [0, 0.1) is 0 Å². The summed E-state index contributed by atoms with van der Waals surface area (Å²) in [5.41, 5.74) is 2.85. The Morgan fingerprint density at radius 1 is 1.23 bits per heavy atom. The van der Waals surface area contributed by atoms with E-state index in [4.69, 9.17) is 0 Å². The van der Waals surface area contributed by atoms with Gasteiger partial charge in [0.15, 0.2) is 5.96 Å². The number of amides is 1. The minimum Gasteiger partial charge on any atom is -0.352 e. The van der Waals surface area contributed by atoms with E-state index in [9.17, 15) is 4.79 Å². The van der Waals surface area contributed by atoms with Crippen LogP contribution in [0.2, 0.25) is 0 Å². The van der Waals surface area contributed by atoms with Gasteiger partial charge in [-0.05, 0) is 17.7 Å². The lowest BCUT2D eigenvalue weighted by molar-refractivity contribution is -0.120. The highest BCUT2D eigenvalue weighted by Gasteiger charge is 2.27. The van der Waals surface area contributed by atoms with Crippen LogP contribution < -0.4 is 10.2 Å². The number of carbonyl (C=O) groups is 1. The van der Waals surface area contributed by atoms with E-state index in [1.165, 1.54) is 6.33 Å². The monoisotopic (exact) mass is 521 g/mol. The van der Waals surface area contributed by atoms with Crippen molar-refractivity contribution in [3.8, 4) is 5.69 Å². The number of benzene rings is 1. The number of rotatable bonds is 4. The summed E-state index contributed by atoms with van der Waals surface area (Å²) in [5, 5.41) is 11.7. The van der Waals surface area contributed by atoms with Gasteiger partial charge in [0.25, 0.3) is 0 Å². The zero-order valence-corrected chi connectivity index (χ0v) is 19.2. The SMILES string of the molecule is CN=C(NCc1cccc(-n2cncn2)c1)N1CCN(c2cnn(C)c2)C(=O)C1.I. The van der Waals surface area contributed by atoms with Crippen molar-refractivity contribution in [1.29, 1.82) is 0 Å². The van der Waals surface area contributed by atoms with Crippen molar-refractivity contribution in [1.82, 2.24) is 34.8 Å². The van der Waals surface area contributed by atoms with E-state index in [0.717, 1.165) is 16.9 Å². The number of hydrogen-bond donors (Lipinski definition) is 1. The molecule has 0 bridgehead atoms. The molecule has 1 saturated heterocycles. The second kappa shape index (κ2) is 9.69. The number of halogens is 1. The summed E-state index contributed by atoms with van der Waals surface area (Å²) in [5.74, 6) is 0.732. The Labute approximate surface area is 191 Å². The lowest BCUT2D eigenvalue weighted by atomic mass is 10.2. The van der Waals surface area contributed by atoms with Crippen molar-refractivity contribution >= 4 is 41.5 Å². The first-order valence-corrected chi connectivity index (χ1v) is 9.32. The lowest BCUT2D eigenvalue weighted by Gasteiger charge is -2.35. The van der Waals surface area contributed by atoms with Crippen LogP contribution in [0.25, 0.3) is 5.69 Å². The molecular weight excluding hydrogens is 497 g/mol. The van der Waals surface area contributed by atoms with E-state index >= 15 is 0 Å². The van der Waals surface area contributed by atoms with Crippen LogP contribution in [-0.2, 0) is 18.4 Å². The number of hydrogen-bond acceptors (Lipinski definition) is 5. The second-order valence-electron chi connectivity index (χ2n) is 6.75. The van der Waals surface area contributed by atoms with Crippen LogP contribution in [0.5, 0.6) is 0 Å². The largest absolute Gasteiger partial charge is 0.352 e. The predicted molar refractivity (Wildman–Crippen MR) is 124 cm³/mol. The topological polar surface area (TPSA) is 96.5 Å². The van der Waals surface area contributed by atoms with Gasteiger partial charge in [-0.25, -0.2) is 9.67 Å². The van der Waals surface area contributed by atoms with Gasteiger partial charge in [0.1, 0.15) is 19.2 Å². The molecule has 3 aromatic rings. The van der Waals surface area contributed by atoms with Crippen molar-refractivity contribution in [3.63, 3.8) is 0 Å². The summed E-state index contributed by atoms with van der Waals surface area (Å²) in [7, 11) is 3.57. The number of aromatic nitrogens is 5. The molecule has 2 aromatic heterocycles. The van der Waals surface area contributed by atoms with Crippen molar-refractivity contribution in [2.45, 2.75) is 6.54 Å². The van der Waals surface area contributed by atoms with Gasteiger partial charge in [-0.1, -0.05) is 12.1 Å². The molecule has 11 heteroatoms. The average Bonchev–Trinajstić information content (AvgIpc) is 3.41. The highest BCUT2D eigenvalue weighted by atomic mass is 127. The van der Waals surface area contributed by atoms with Crippen LogP contribution in [0.1, 0.15) is 5.56 Å². The predicted octanol–water partition coefficient (Wildman–Crippen LogP) is 1.04. The Balaban J connectivity index is 0.00000256. The highest BCUT2D eigenvalue weighted by molar-refractivity contribution is 14.0. The van der Waals surface area contributed by atoms with Crippen LogP contribution >= 0.6 is 24.0 Å². The van der Waals surface area contributed by atoms with E-state index in [2.05, 4.69) is 25.5 Å². The zero-order chi connectivity index (χ0) is 20.2. The Morgan fingerprint density at radius 2 is 2.10 bits per heavy atom. The molecular formula is C19H24IN9O. The Kier molecular flexibility index (Phi) is 7.03. The smallest absolute Gasteiger partial charge is 0.246 e. The molecule has 0 radical (unpaired) electrons. The summed E-state index contributed by atoms with van der Waals surface area (Å²) in [6.07, 6.45) is 6.74. The van der Waals surface area contributed by atoms with E-state index in [1.807, 2.05) is 42.4 Å². The number of aryl methyl sites for hydroxylation is 1. The van der Waals surface area contributed by atoms with E-state index in [0.29, 0.717) is 25.6 Å².